The maximum Gasteiger partial charge on any atom is 0.0701 e. The second-order valence-corrected chi connectivity index (χ2v) is 7.10. The van der Waals surface area contributed by atoms with Gasteiger partial charge in [0.1, 0.15) is 0 Å². The lowest BCUT2D eigenvalue weighted by molar-refractivity contribution is 0.766. The van der Waals surface area contributed by atoms with Gasteiger partial charge in [-0.3, -0.25) is 4.68 Å². The number of aryl methyl sites for hydroxylation is 1. The molecule has 0 amide bonds. The van der Waals surface area contributed by atoms with E-state index in [1.807, 2.05) is 19.4 Å². The van der Waals surface area contributed by atoms with Crippen molar-refractivity contribution in [3.63, 3.8) is 0 Å². The Hall–Kier alpha value is -0.300. The first-order valence-corrected chi connectivity index (χ1v) is 7.28. The maximum atomic E-state index is 5.81. The lowest BCUT2D eigenvalue weighted by atomic mass is 10.3. The van der Waals surface area contributed by atoms with Crippen molar-refractivity contribution in [3.8, 4) is 0 Å². The van der Waals surface area contributed by atoms with Crippen molar-refractivity contribution in [3.05, 3.63) is 33.2 Å². The van der Waals surface area contributed by atoms with E-state index >= 15 is 0 Å². The molecule has 6 heteroatoms. The zero-order chi connectivity index (χ0) is 11.5. The summed E-state index contributed by atoms with van der Waals surface area (Å²) in [6, 6.07) is 4.18. The monoisotopic (exact) mass is 317 g/mol. The zero-order valence-corrected chi connectivity index (χ0v) is 12.0. The predicted molar refractivity (Wildman–Crippen MR) is 72.9 cm³/mol. The van der Waals surface area contributed by atoms with Gasteiger partial charge in [-0.2, -0.15) is 5.10 Å². The number of hydrogen-bond acceptors (Lipinski definition) is 4. The molecule has 0 aromatic carbocycles. The van der Waals surface area contributed by atoms with Crippen LogP contribution in [-0.2, 0) is 7.05 Å². The molecule has 0 aliphatic rings. The molecular weight excluding hydrogens is 306 g/mol. The molecule has 1 unspecified atom stereocenters. The smallest absolute Gasteiger partial charge is 0.0701 e. The van der Waals surface area contributed by atoms with Crippen molar-refractivity contribution < 1.29 is 0 Å². The Morgan fingerprint density at radius 1 is 1.62 bits per heavy atom. The number of halogens is 1. The number of thioether (sulfide) groups is 1. The molecular formula is C10H12BrN3S2. The molecule has 2 aromatic rings. The highest BCUT2D eigenvalue weighted by molar-refractivity contribution is 9.11. The molecule has 2 rings (SSSR count). The van der Waals surface area contributed by atoms with E-state index in [4.69, 9.17) is 5.73 Å². The van der Waals surface area contributed by atoms with E-state index in [1.54, 1.807) is 27.8 Å². The van der Waals surface area contributed by atoms with Gasteiger partial charge in [-0.25, -0.2) is 0 Å². The summed E-state index contributed by atoms with van der Waals surface area (Å²) >= 11 is 6.96. The zero-order valence-electron chi connectivity index (χ0n) is 8.76. The van der Waals surface area contributed by atoms with Crippen LogP contribution in [0, 0.1) is 0 Å². The van der Waals surface area contributed by atoms with Crippen LogP contribution in [0.4, 0.5) is 0 Å². The summed E-state index contributed by atoms with van der Waals surface area (Å²) in [5, 5.41) is 4.46. The van der Waals surface area contributed by atoms with Crippen LogP contribution in [0.2, 0.25) is 0 Å². The topological polar surface area (TPSA) is 43.8 Å². The lowest BCUT2D eigenvalue weighted by Crippen LogP contribution is -2.07. The van der Waals surface area contributed by atoms with Gasteiger partial charge in [0.15, 0.2) is 0 Å². The first-order chi connectivity index (χ1) is 7.69. The molecule has 1 atom stereocenters. The van der Waals surface area contributed by atoms with Crippen LogP contribution >= 0.6 is 39.0 Å². The van der Waals surface area contributed by atoms with Crippen molar-refractivity contribution in [2.24, 2.45) is 12.8 Å². The highest BCUT2D eigenvalue weighted by Crippen LogP contribution is 2.38. The fraction of sp³-hybridized carbons (Fsp3) is 0.300. The van der Waals surface area contributed by atoms with E-state index in [9.17, 15) is 0 Å². The van der Waals surface area contributed by atoms with Crippen molar-refractivity contribution in [1.29, 1.82) is 0 Å². The molecule has 0 spiro atoms. The van der Waals surface area contributed by atoms with Crippen LogP contribution in [0.3, 0.4) is 0 Å². The van der Waals surface area contributed by atoms with Crippen molar-refractivity contribution in [2.75, 3.05) is 6.54 Å². The highest BCUT2D eigenvalue weighted by Gasteiger charge is 2.14. The summed E-state index contributed by atoms with van der Waals surface area (Å²) in [5.41, 5.74) is 5.81. The van der Waals surface area contributed by atoms with Gasteiger partial charge in [0, 0.05) is 29.6 Å². The number of nitrogens with zero attached hydrogens (tertiary/aromatic N) is 2. The van der Waals surface area contributed by atoms with Crippen LogP contribution in [-0.4, -0.2) is 16.3 Å². The quantitative estimate of drug-likeness (QED) is 0.881. The Morgan fingerprint density at radius 3 is 2.94 bits per heavy atom. The second-order valence-electron chi connectivity index (χ2n) is 3.33. The summed E-state index contributed by atoms with van der Waals surface area (Å²) in [5.74, 6) is 0. The van der Waals surface area contributed by atoms with Crippen LogP contribution in [0.5, 0.6) is 0 Å². The SMILES string of the molecule is Cn1cc(SC(CN)c2ccc(Br)s2)cn1. The Balaban J connectivity index is 2.12. The van der Waals surface area contributed by atoms with E-state index in [1.165, 1.54) is 4.88 Å². The summed E-state index contributed by atoms with van der Waals surface area (Å²) in [4.78, 5) is 2.45. The number of hydrogen-bond donors (Lipinski definition) is 1. The van der Waals surface area contributed by atoms with Gasteiger partial charge in [-0.15, -0.1) is 23.1 Å². The summed E-state index contributed by atoms with van der Waals surface area (Å²) in [6.45, 7) is 0.631. The molecule has 0 aliphatic carbocycles. The Bertz CT molecular complexity index is 466. The van der Waals surface area contributed by atoms with E-state index in [-0.39, 0.29) is 0 Å². The maximum absolute atomic E-state index is 5.81. The highest BCUT2D eigenvalue weighted by atomic mass is 79.9. The first kappa shape index (κ1) is 12.2. The normalized spacial score (nSPS) is 12.9. The van der Waals surface area contributed by atoms with Crippen molar-refractivity contribution in [2.45, 2.75) is 10.1 Å². The fourth-order valence-electron chi connectivity index (χ4n) is 1.35. The molecule has 86 valence electrons. The van der Waals surface area contributed by atoms with E-state index in [0.717, 1.165) is 8.68 Å². The van der Waals surface area contributed by atoms with Gasteiger partial charge >= 0.3 is 0 Å². The van der Waals surface area contributed by atoms with Crippen LogP contribution in [0.1, 0.15) is 10.1 Å². The van der Waals surface area contributed by atoms with E-state index in [2.05, 4.69) is 33.2 Å². The van der Waals surface area contributed by atoms with E-state index in [0.29, 0.717) is 11.8 Å². The lowest BCUT2D eigenvalue weighted by Gasteiger charge is -2.10. The third-order valence-corrected chi connectivity index (χ3v) is 5.19. The summed E-state index contributed by atoms with van der Waals surface area (Å²) < 4.78 is 2.95. The minimum absolute atomic E-state index is 0.306. The molecule has 2 aromatic heterocycles. The molecule has 0 bridgehead atoms. The van der Waals surface area contributed by atoms with Crippen LogP contribution < -0.4 is 5.73 Å². The van der Waals surface area contributed by atoms with Gasteiger partial charge in [0.2, 0.25) is 0 Å². The third-order valence-electron chi connectivity index (χ3n) is 2.08. The Kier molecular flexibility index (Phi) is 4.07. The Morgan fingerprint density at radius 2 is 2.44 bits per heavy atom. The number of aromatic nitrogens is 2. The third kappa shape index (κ3) is 2.88. The van der Waals surface area contributed by atoms with Gasteiger partial charge in [0.05, 0.1) is 15.2 Å². The molecule has 0 saturated carbocycles. The molecule has 0 fully saturated rings. The minimum atomic E-state index is 0.306. The average Bonchev–Trinajstić information content (AvgIpc) is 2.84. The predicted octanol–water partition coefficient (Wildman–Crippen LogP) is 3.04. The summed E-state index contributed by atoms with van der Waals surface area (Å²) in [7, 11) is 1.92. The molecule has 0 radical (unpaired) electrons. The molecule has 16 heavy (non-hydrogen) atoms. The minimum Gasteiger partial charge on any atom is -0.329 e. The number of thiophene rings is 1. The van der Waals surface area contributed by atoms with Crippen LogP contribution in [0.15, 0.2) is 33.2 Å². The molecule has 3 nitrogen and oxygen atoms in total. The molecule has 2 heterocycles. The van der Waals surface area contributed by atoms with Gasteiger partial charge in [0.25, 0.3) is 0 Å². The number of nitrogens with two attached hydrogens (primary N) is 1. The van der Waals surface area contributed by atoms with Gasteiger partial charge in [-0.05, 0) is 28.1 Å². The molecule has 0 saturated heterocycles. The fourth-order valence-corrected chi connectivity index (χ4v) is 4.00. The van der Waals surface area contributed by atoms with E-state index < -0.39 is 0 Å². The average molecular weight is 318 g/mol. The molecule has 2 N–H and O–H groups in total. The summed E-state index contributed by atoms with van der Waals surface area (Å²) in [6.07, 6.45) is 3.88. The standard InChI is InChI=1S/C10H12BrN3S2/c1-14-6-7(5-13-14)15-9(4-12)8-2-3-10(11)16-8/h2-3,5-6,9H,4,12H2,1H3. The Labute approximate surface area is 111 Å². The first-order valence-electron chi connectivity index (χ1n) is 4.79. The number of rotatable bonds is 4. The van der Waals surface area contributed by atoms with Gasteiger partial charge < -0.3 is 5.73 Å². The molecule has 0 aliphatic heterocycles. The van der Waals surface area contributed by atoms with Crippen LogP contribution in [0.25, 0.3) is 0 Å². The van der Waals surface area contributed by atoms with Crippen molar-refractivity contribution >= 4 is 39.0 Å². The van der Waals surface area contributed by atoms with Gasteiger partial charge in [-0.1, -0.05) is 0 Å². The second kappa shape index (κ2) is 5.35. The largest absolute Gasteiger partial charge is 0.329 e. The van der Waals surface area contributed by atoms with Crippen molar-refractivity contribution in [1.82, 2.24) is 9.78 Å².